The molecule has 0 N–H and O–H groups in total. The van der Waals surface area contributed by atoms with Crippen molar-refractivity contribution in [1.29, 1.82) is 0 Å². The van der Waals surface area contributed by atoms with Gasteiger partial charge in [0.25, 0.3) is 0 Å². The normalized spacial score (nSPS) is 11.7. The van der Waals surface area contributed by atoms with Crippen LogP contribution in [0.2, 0.25) is 0 Å². The minimum absolute atomic E-state index is 0.384. The molecule has 0 saturated heterocycles. The van der Waals surface area contributed by atoms with Crippen molar-refractivity contribution in [2.75, 3.05) is 14.1 Å². The molecule has 6 nitrogen and oxygen atoms in total. The number of fused-ring (bicyclic) bond motifs is 2. The van der Waals surface area contributed by atoms with Crippen LogP contribution in [-0.2, 0) is 6.54 Å². The second-order valence-corrected chi connectivity index (χ2v) is 6.88. The molecule has 0 spiro atoms. The van der Waals surface area contributed by atoms with Gasteiger partial charge in [0.1, 0.15) is 5.58 Å². The highest BCUT2D eigenvalue weighted by molar-refractivity contribution is 5.81. The molecule has 3 aromatic heterocycles. The van der Waals surface area contributed by atoms with E-state index in [4.69, 9.17) is 4.42 Å². The molecule has 26 heavy (non-hydrogen) atoms. The van der Waals surface area contributed by atoms with E-state index in [0.717, 1.165) is 34.5 Å². The van der Waals surface area contributed by atoms with Gasteiger partial charge in [-0.1, -0.05) is 12.1 Å². The molecule has 0 fully saturated rings. The maximum absolute atomic E-state index is 12.6. The van der Waals surface area contributed by atoms with E-state index in [2.05, 4.69) is 14.9 Å². The van der Waals surface area contributed by atoms with Gasteiger partial charge >= 0.3 is 5.63 Å². The summed E-state index contributed by atoms with van der Waals surface area (Å²) in [4.78, 5) is 23.6. The van der Waals surface area contributed by atoms with Crippen molar-refractivity contribution < 1.29 is 4.42 Å². The molecule has 0 aliphatic rings. The van der Waals surface area contributed by atoms with E-state index >= 15 is 0 Å². The molecular weight excluding hydrogens is 328 g/mol. The number of aromatic nitrogens is 3. The summed E-state index contributed by atoms with van der Waals surface area (Å²) in [6.07, 6.45) is 3.74. The van der Waals surface area contributed by atoms with Gasteiger partial charge in [0, 0.05) is 24.3 Å². The summed E-state index contributed by atoms with van der Waals surface area (Å²) < 4.78 is 7.48. The van der Waals surface area contributed by atoms with Crippen LogP contribution in [0.3, 0.4) is 0 Å². The number of imidazole rings is 1. The maximum atomic E-state index is 12.6. The SMILES string of the molecule is Cc1cn2cc(-c3cc4ccc(CN(C)C)cc4oc3=O)nc2c(C)n1. The highest BCUT2D eigenvalue weighted by Crippen LogP contribution is 2.23. The number of hydrogen-bond donors (Lipinski definition) is 0. The van der Waals surface area contributed by atoms with Crippen LogP contribution >= 0.6 is 0 Å². The number of nitrogens with zero attached hydrogens (tertiary/aromatic N) is 4. The summed E-state index contributed by atoms with van der Waals surface area (Å²) in [6.45, 7) is 4.63. The standard InChI is InChI=1S/C20H20N4O2/c1-12-9-24-11-17(22-19(24)13(2)21-12)16-8-15-6-5-14(10-23(3)4)7-18(15)26-20(16)25/h5-9,11H,10H2,1-4H3. The molecule has 4 rings (SSSR count). The zero-order valence-electron chi connectivity index (χ0n) is 15.3. The van der Waals surface area contributed by atoms with Crippen LogP contribution in [0, 0.1) is 13.8 Å². The summed E-state index contributed by atoms with van der Waals surface area (Å²) in [7, 11) is 4.01. The van der Waals surface area contributed by atoms with Gasteiger partial charge in [-0.05, 0) is 45.6 Å². The highest BCUT2D eigenvalue weighted by Gasteiger charge is 2.13. The minimum atomic E-state index is -0.384. The molecular formula is C20H20N4O2. The minimum Gasteiger partial charge on any atom is -0.422 e. The molecule has 0 atom stereocenters. The summed E-state index contributed by atoms with van der Waals surface area (Å²) in [6, 6.07) is 7.79. The van der Waals surface area contributed by atoms with Gasteiger partial charge in [-0.15, -0.1) is 0 Å². The van der Waals surface area contributed by atoms with E-state index in [9.17, 15) is 4.79 Å². The molecule has 0 unspecified atom stereocenters. The zero-order valence-corrected chi connectivity index (χ0v) is 15.3. The fraction of sp³-hybridized carbons (Fsp3) is 0.250. The molecule has 0 saturated carbocycles. The van der Waals surface area contributed by atoms with Crippen molar-refractivity contribution in [2.24, 2.45) is 0 Å². The Balaban J connectivity index is 1.85. The van der Waals surface area contributed by atoms with E-state index < -0.39 is 0 Å². The van der Waals surface area contributed by atoms with Crippen LogP contribution < -0.4 is 5.63 Å². The molecule has 3 heterocycles. The molecule has 0 aliphatic heterocycles. The fourth-order valence-electron chi connectivity index (χ4n) is 3.23. The predicted octanol–water partition coefficient (Wildman–Crippen LogP) is 3.18. The molecule has 6 heteroatoms. The van der Waals surface area contributed by atoms with E-state index in [1.54, 1.807) is 0 Å². The van der Waals surface area contributed by atoms with Gasteiger partial charge < -0.3 is 13.7 Å². The largest absolute Gasteiger partial charge is 0.422 e. The first-order valence-corrected chi connectivity index (χ1v) is 8.45. The van der Waals surface area contributed by atoms with Crippen LogP contribution in [0.15, 0.2) is 45.9 Å². The third kappa shape index (κ3) is 2.88. The average Bonchev–Trinajstić information content (AvgIpc) is 2.97. The van der Waals surface area contributed by atoms with Crippen molar-refractivity contribution in [1.82, 2.24) is 19.3 Å². The Kier molecular flexibility index (Phi) is 3.85. The second kappa shape index (κ2) is 6.07. The van der Waals surface area contributed by atoms with Gasteiger partial charge in [0.05, 0.1) is 22.6 Å². The number of aryl methyl sites for hydroxylation is 2. The lowest BCUT2D eigenvalue weighted by molar-refractivity contribution is 0.402. The molecule has 0 bridgehead atoms. The van der Waals surface area contributed by atoms with E-state index in [1.807, 2.05) is 69.0 Å². The van der Waals surface area contributed by atoms with Crippen molar-refractivity contribution in [3.05, 3.63) is 64.0 Å². The lowest BCUT2D eigenvalue weighted by Crippen LogP contribution is -2.10. The summed E-state index contributed by atoms with van der Waals surface area (Å²) in [5.74, 6) is 0. The second-order valence-electron chi connectivity index (χ2n) is 6.88. The summed E-state index contributed by atoms with van der Waals surface area (Å²) in [5, 5.41) is 0.880. The third-order valence-corrected chi connectivity index (χ3v) is 4.30. The Bertz CT molecular complexity index is 1190. The topological polar surface area (TPSA) is 63.6 Å². The molecule has 132 valence electrons. The smallest absolute Gasteiger partial charge is 0.345 e. The van der Waals surface area contributed by atoms with E-state index in [-0.39, 0.29) is 5.63 Å². The monoisotopic (exact) mass is 348 g/mol. The lowest BCUT2D eigenvalue weighted by atomic mass is 10.1. The van der Waals surface area contributed by atoms with Gasteiger partial charge in [-0.25, -0.2) is 9.78 Å². The third-order valence-electron chi connectivity index (χ3n) is 4.30. The summed E-state index contributed by atoms with van der Waals surface area (Å²) in [5.41, 5.74) is 4.83. The van der Waals surface area contributed by atoms with Crippen LogP contribution in [0.4, 0.5) is 0 Å². The first-order valence-electron chi connectivity index (χ1n) is 8.45. The number of hydrogen-bond acceptors (Lipinski definition) is 5. The first-order chi connectivity index (χ1) is 12.4. The molecule has 0 amide bonds. The lowest BCUT2D eigenvalue weighted by Gasteiger charge is -2.09. The Morgan fingerprint density at radius 3 is 2.69 bits per heavy atom. The average molecular weight is 348 g/mol. The van der Waals surface area contributed by atoms with Gasteiger partial charge in [-0.3, -0.25) is 4.98 Å². The Morgan fingerprint density at radius 2 is 1.92 bits per heavy atom. The van der Waals surface area contributed by atoms with Gasteiger partial charge in [0.15, 0.2) is 5.65 Å². The number of rotatable bonds is 3. The van der Waals surface area contributed by atoms with Crippen LogP contribution in [0.5, 0.6) is 0 Å². The number of benzene rings is 1. The first kappa shape index (κ1) is 16.5. The summed E-state index contributed by atoms with van der Waals surface area (Å²) >= 11 is 0. The van der Waals surface area contributed by atoms with Crippen molar-refractivity contribution in [3.8, 4) is 11.3 Å². The fourth-order valence-corrected chi connectivity index (χ4v) is 3.23. The molecule has 1 aromatic carbocycles. The Morgan fingerprint density at radius 1 is 1.12 bits per heavy atom. The maximum Gasteiger partial charge on any atom is 0.345 e. The molecule has 0 radical (unpaired) electrons. The van der Waals surface area contributed by atoms with Gasteiger partial charge in [0.2, 0.25) is 0 Å². The van der Waals surface area contributed by atoms with E-state index in [1.165, 1.54) is 0 Å². The molecule has 0 aliphatic carbocycles. The van der Waals surface area contributed by atoms with Crippen LogP contribution in [-0.4, -0.2) is 33.4 Å². The van der Waals surface area contributed by atoms with Crippen LogP contribution in [0.1, 0.15) is 17.0 Å². The molecule has 4 aromatic rings. The highest BCUT2D eigenvalue weighted by atomic mass is 16.4. The van der Waals surface area contributed by atoms with Crippen molar-refractivity contribution >= 4 is 16.6 Å². The Labute approximate surface area is 150 Å². The van der Waals surface area contributed by atoms with E-state index in [0.29, 0.717) is 16.8 Å². The predicted molar refractivity (Wildman–Crippen MR) is 101 cm³/mol. The van der Waals surface area contributed by atoms with Gasteiger partial charge in [-0.2, -0.15) is 0 Å². The van der Waals surface area contributed by atoms with Crippen LogP contribution in [0.25, 0.3) is 27.9 Å². The Hall–Kier alpha value is -2.99. The van der Waals surface area contributed by atoms with Crippen molar-refractivity contribution in [3.63, 3.8) is 0 Å². The van der Waals surface area contributed by atoms with Crippen molar-refractivity contribution in [2.45, 2.75) is 20.4 Å². The quantitative estimate of drug-likeness (QED) is 0.532. The zero-order chi connectivity index (χ0) is 18.4.